The third-order valence-electron chi connectivity index (χ3n) is 5.13. The summed E-state index contributed by atoms with van der Waals surface area (Å²) in [5, 5.41) is 4.20. The highest BCUT2D eigenvalue weighted by Crippen LogP contribution is 2.35. The van der Waals surface area contributed by atoms with Crippen molar-refractivity contribution >= 4 is 33.1 Å². The third kappa shape index (κ3) is 3.30. The molecule has 4 heterocycles. The van der Waals surface area contributed by atoms with Gasteiger partial charge in [0.25, 0.3) is 5.56 Å². The summed E-state index contributed by atoms with van der Waals surface area (Å²) in [6, 6.07) is 9.83. The molecule has 1 aromatic carbocycles. The van der Waals surface area contributed by atoms with Crippen LogP contribution in [0.15, 0.2) is 59.2 Å². The van der Waals surface area contributed by atoms with Crippen LogP contribution in [0.1, 0.15) is 24.2 Å². The lowest BCUT2D eigenvalue weighted by atomic mass is 9.97. The number of aromatic amines is 1. The first-order valence-corrected chi connectivity index (χ1v) is 10.4. The molecular formula is C21H15F3N6OS. The molecule has 0 amide bonds. The number of pyridine rings is 1. The lowest BCUT2D eigenvalue weighted by Crippen LogP contribution is -2.24. The Kier molecular flexibility index (Phi) is 4.70. The molecule has 0 radical (unpaired) electrons. The lowest BCUT2D eigenvalue weighted by Gasteiger charge is -2.19. The monoisotopic (exact) mass is 456 g/mol. The molecule has 1 atom stereocenters. The number of aromatic nitrogens is 5. The lowest BCUT2D eigenvalue weighted by molar-refractivity contribution is -0.141. The van der Waals surface area contributed by atoms with Crippen molar-refractivity contribution in [3.05, 3.63) is 76.0 Å². The van der Waals surface area contributed by atoms with Crippen molar-refractivity contribution in [2.45, 2.75) is 19.1 Å². The van der Waals surface area contributed by atoms with Gasteiger partial charge in [-0.3, -0.25) is 9.20 Å². The zero-order valence-electron chi connectivity index (χ0n) is 16.5. The summed E-state index contributed by atoms with van der Waals surface area (Å²) in [6.45, 7) is 1.82. The van der Waals surface area contributed by atoms with E-state index >= 15 is 0 Å². The Morgan fingerprint density at radius 3 is 2.69 bits per heavy atom. The van der Waals surface area contributed by atoms with E-state index in [2.05, 4.69) is 25.3 Å². The molecule has 1 unspecified atom stereocenters. The predicted molar refractivity (Wildman–Crippen MR) is 116 cm³/mol. The number of H-pyrrole nitrogens is 1. The van der Waals surface area contributed by atoms with Crippen molar-refractivity contribution in [3.63, 3.8) is 0 Å². The number of hydrogen-bond acceptors (Lipinski definition) is 6. The summed E-state index contributed by atoms with van der Waals surface area (Å²) in [5.74, 6) is 0.473. The number of benzene rings is 1. The maximum absolute atomic E-state index is 13.5. The van der Waals surface area contributed by atoms with E-state index in [0.29, 0.717) is 28.1 Å². The summed E-state index contributed by atoms with van der Waals surface area (Å²) in [7, 11) is 0. The van der Waals surface area contributed by atoms with Gasteiger partial charge in [-0.1, -0.05) is 30.3 Å². The van der Waals surface area contributed by atoms with Gasteiger partial charge in [0.2, 0.25) is 0 Å². The first-order valence-electron chi connectivity index (χ1n) is 9.55. The summed E-state index contributed by atoms with van der Waals surface area (Å²) >= 11 is 0.874. The van der Waals surface area contributed by atoms with Crippen molar-refractivity contribution in [2.24, 2.45) is 0 Å². The van der Waals surface area contributed by atoms with E-state index in [1.165, 1.54) is 12.7 Å². The molecule has 5 aromatic rings. The second-order valence-corrected chi connectivity index (χ2v) is 8.02. The minimum Gasteiger partial charge on any atom is -0.362 e. The number of thiazole rings is 1. The highest BCUT2D eigenvalue weighted by atomic mass is 32.1. The van der Waals surface area contributed by atoms with E-state index < -0.39 is 23.5 Å². The number of anilines is 1. The highest BCUT2D eigenvalue weighted by Gasteiger charge is 2.36. The Morgan fingerprint density at radius 1 is 1.16 bits per heavy atom. The normalized spacial score (nSPS) is 13.0. The second kappa shape index (κ2) is 7.45. The standard InChI is InChI=1S/C21H15F3N6OS/c1-11(29-19-17-18(26-9-25-17)27-10-28-19)13-7-15-30(14(8-32-15)21(22,23)24)20(31)16(13)12-5-3-2-4-6-12/h2-11H,1H3,(H2,25,26,27,28,29). The number of halogens is 3. The van der Waals surface area contributed by atoms with Crippen molar-refractivity contribution < 1.29 is 13.2 Å². The first kappa shape index (κ1) is 20.2. The maximum Gasteiger partial charge on any atom is 0.432 e. The van der Waals surface area contributed by atoms with Gasteiger partial charge >= 0.3 is 6.18 Å². The highest BCUT2D eigenvalue weighted by molar-refractivity contribution is 7.15. The van der Waals surface area contributed by atoms with Gasteiger partial charge in [-0.05, 0) is 24.1 Å². The van der Waals surface area contributed by atoms with Crippen LogP contribution in [0.5, 0.6) is 0 Å². The predicted octanol–water partition coefficient (Wildman–Crippen LogP) is 4.89. The topological polar surface area (TPSA) is 88.0 Å². The average Bonchev–Trinajstić information content (AvgIpc) is 3.42. The van der Waals surface area contributed by atoms with Crippen molar-refractivity contribution in [3.8, 4) is 11.1 Å². The molecule has 0 spiro atoms. The number of hydrogen-bond donors (Lipinski definition) is 2. The Morgan fingerprint density at radius 2 is 1.94 bits per heavy atom. The number of nitrogens with one attached hydrogen (secondary N) is 2. The molecule has 0 fully saturated rings. The third-order valence-corrected chi connectivity index (χ3v) is 6.02. The largest absolute Gasteiger partial charge is 0.432 e. The molecule has 0 aliphatic rings. The van der Waals surface area contributed by atoms with Crippen LogP contribution in [0.25, 0.3) is 27.1 Å². The van der Waals surface area contributed by atoms with Gasteiger partial charge in [0, 0.05) is 5.38 Å². The molecule has 0 bridgehead atoms. The van der Waals surface area contributed by atoms with Crippen LogP contribution in [0.3, 0.4) is 0 Å². The molecule has 32 heavy (non-hydrogen) atoms. The van der Waals surface area contributed by atoms with Gasteiger partial charge in [-0.15, -0.1) is 11.3 Å². The zero-order valence-corrected chi connectivity index (χ0v) is 17.3. The van der Waals surface area contributed by atoms with Gasteiger partial charge in [0.1, 0.15) is 22.4 Å². The minimum absolute atomic E-state index is 0.196. The Bertz CT molecular complexity index is 1490. The summed E-state index contributed by atoms with van der Waals surface area (Å²) in [6.07, 6.45) is -1.79. The minimum atomic E-state index is -4.64. The van der Waals surface area contributed by atoms with Gasteiger partial charge in [-0.2, -0.15) is 13.2 Å². The average molecular weight is 456 g/mol. The molecule has 0 aliphatic heterocycles. The first-order chi connectivity index (χ1) is 15.3. The van der Waals surface area contributed by atoms with Crippen molar-refractivity contribution in [2.75, 3.05) is 5.32 Å². The number of alkyl halides is 3. The molecule has 7 nitrogen and oxygen atoms in total. The fraction of sp³-hybridized carbons (Fsp3) is 0.143. The van der Waals surface area contributed by atoms with Crippen LogP contribution in [0.4, 0.5) is 19.0 Å². The summed E-state index contributed by atoms with van der Waals surface area (Å²) in [5.41, 5.74) is 0.645. The quantitative estimate of drug-likeness (QED) is 0.402. The second-order valence-electron chi connectivity index (χ2n) is 7.13. The molecule has 5 rings (SSSR count). The van der Waals surface area contributed by atoms with Crippen LogP contribution in [0.2, 0.25) is 0 Å². The van der Waals surface area contributed by atoms with Gasteiger partial charge < -0.3 is 10.3 Å². The smallest absolute Gasteiger partial charge is 0.362 e. The van der Waals surface area contributed by atoms with Crippen LogP contribution in [-0.2, 0) is 6.18 Å². The zero-order chi connectivity index (χ0) is 22.5. The molecule has 0 saturated carbocycles. The van der Waals surface area contributed by atoms with E-state index in [1.54, 1.807) is 36.4 Å². The van der Waals surface area contributed by atoms with Crippen LogP contribution in [-0.4, -0.2) is 24.3 Å². The van der Waals surface area contributed by atoms with Gasteiger partial charge in [0.05, 0.1) is 17.9 Å². The van der Waals surface area contributed by atoms with E-state index in [4.69, 9.17) is 0 Å². The van der Waals surface area contributed by atoms with E-state index in [0.717, 1.165) is 21.1 Å². The van der Waals surface area contributed by atoms with Crippen LogP contribution in [0, 0.1) is 0 Å². The molecule has 162 valence electrons. The van der Waals surface area contributed by atoms with Crippen LogP contribution >= 0.6 is 11.3 Å². The molecule has 0 aliphatic carbocycles. The van der Waals surface area contributed by atoms with Crippen molar-refractivity contribution in [1.29, 1.82) is 0 Å². The fourth-order valence-electron chi connectivity index (χ4n) is 3.68. The number of fused-ring (bicyclic) bond motifs is 2. The Labute approximate surface area is 182 Å². The summed E-state index contributed by atoms with van der Waals surface area (Å²) < 4.78 is 41.4. The van der Waals surface area contributed by atoms with Gasteiger partial charge in [0.15, 0.2) is 11.5 Å². The molecule has 11 heteroatoms. The Balaban J connectivity index is 1.71. The van der Waals surface area contributed by atoms with E-state index in [9.17, 15) is 18.0 Å². The number of imidazole rings is 1. The van der Waals surface area contributed by atoms with E-state index in [-0.39, 0.29) is 10.4 Å². The Hall–Kier alpha value is -3.73. The van der Waals surface area contributed by atoms with Crippen molar-refractivity contribution in [1.82, 2.24) is 24.3 Å². The van der Waals surface area contributed by atoms with Crippen LogP contribution < -0.4 is 10.9 Å². The summed E-state index contributed by atoms with van der Waals surface area (Å²) in [4.78, 5) is 29.0. The fourth-order valence-corrected chi connectivity index (χ4v) is 4.63. The molecule has 2 N–H and O–H groups in total. The number of nitrogens with zero attached hydrogens (tertiary/aromatic N) is 4. The molecule has 4 aromatic heterocycles. The molecular weight excluding hydrogens is 441 g/mol. The SMILES string of the molecule is CC(Nc1ncnc2nc[nH]c12)c1cc2scc(C(F)(F)F)n2c(=O)c1-c1ccccc1. The number of rotatable bonds is 4. The van der Waals surface area contributed by atoms with Gasteiger partial charge in [-0.25, -0.2) is 15.0 Å². The van der Waals surface area contributed by atoms with E-state index in [1.807, 2.05) is 6.92 Å². The maximum atomic E-state index is 13.5. The molecule has 0 saturated heterocycles.